The first-order valence-corrected chi connectivity index (χ1v) is 6.01. The largest absolute Gasteiger partial charge is 0.340 e. The lowest BCUT2D eigenvalue weighted by atomic mass is 10.2. The number of anilines is 2. The number of nitrogens with one attached hydrogen (secondary N) is 1. The van der Waals surface area contributed by atoms with Crippen molar-refractivity contribution < 1.29 is 0 Å². The van der Waals surface area contributed by atoms with Crippen LogP contribution in [0.25, 0.3) is 0 Å². The lowest BCUT2D eigenvalue weighted by Crippen LogP contribution is -1.94. The molecule has 0 atom stereocenters. The van der Waals surface area contributed by atoms with Gasteiger partial charge in [0.25, 0.3) is 0 Å². The monoisotopic (exact) mass is 297 g/mol. The molecule has 0 aliphatic heterocycles. The first-order valence-electron chi connectivity index (χ1n) is 4.87. The molecule has 2 rings (SSSR count). The van der Waals surface area contributed by atoms with Gasteiger partial charge in [-0.1, -0.05) is 34.8 Å². The van der Waals surface area contributed by atoms with Crippen LogP contribution in [0.15, 0.2) is 30.3 Å². The van der Waals surface area contributed by atoms with E-state index in [1.165, 1.54) is 6.07 Å². The van der Waals surface area contributed by atoms with Crippen LogP contribution < -0.4 is 5.32 Å². The van der Waals surface area contributed by atoms with E-state index < -0.39 is 0 Å². The minimum Gasteiger partial charge on any atom is -0.340 e. The molecule has 1 N–H and O–H groups in total. The zero-order chi connectivity index (χ0) is 13.1. The molecule has 3 nitrogen and oxygen atoms in total. The van der Waals surface area contributed by atoms with Crippen LogP contribution >= 0.6 is 34.8 Å². The van der Waals surface area contributed by atoms with E-state index in [1.54, 1.807) is 24.3 Å². The maximum Gasteiger partial charge on any atom is 0.133 e. The number of benzene rings is 1. The van der Waals surface area contributed by atoms with Gasteiger partial charge < -0.3 is 5.32 Å². The third-order valence-corrected chi connectivity index (χ3v) is 2.69. The fourth-order valence-corrected chi connectivity index (χ4v) is 2.13. The summed E-state index contributed by atoms with van der Waals surface area (Å²) in [5.41, 5.74) is 1.09. The van der Waals surface area contributed by atoms with Gasteiger partial charge in [0, 0.05) is 15.7 Å². The number of nitrogens with zero attached hydrogens (tertiary/aromatic N) is 2. The smallest absolute Gasteiger partial charge is 0.133 e. The minimum absolute atomic E-state index is 0.240. The van der Waals surface area contributed by atoms with Crippen molar-refractivity contribution in [2.75, 3.05) is 5.32 Å². The van der Waals surface area contributed by atoms with Gasteiger partial charge in [-0.3, -0.25) is 0 Å². The Bertz CT molecular complexity index is 615. The summed E-state index contributed by atoms with van der Waals surface area (Å²) < 4.78 is 0. The zero-order valence-corrected chi connectivity index (χ0v) is 11.2. The van der Waals surface area contributed by atoms with Crippen LogP contribution in [0, 0.1) is 11.3 Å². The van der Waals surface area contributed by atoms with Gasteiger partial charge in [0.2, 0.25) is 0 Å². The van der Waals surface area contributed by atoms with E-state index in [9.17, 15) is 0 Å². The molecule has 0 aliphatic rings. The van der Waals surface area contributed by atoms with E-state index in [1.807, 2.05) is 6.07 Å². The van der Waals surface area contributed by atoms with Crippen molar-refractivity contribution in [1.82, 2.24) is 4.98 Å². The van der Waals surface area contributed by atoms with Gasteiger partial charge in [0.05, 0.1) is 11.6 Å². The van der Waals surface area contributed by atoms with Crippen LogP contribution in [0.1, 0.15) is 5.56 Å². The molecule has 0 aliphatic carbocycles. The second kappa shape index (κ2) is 5.45. The molecular formula is C12H6Cl3N3. The molecule has 0 fully saturated rings. The van der Waals surface area contributed by atoms with E-state index >= 15 is 0 Å². The second-order valence-electron chi connectivity index (χ2n) is 3.46. The third kappa shape index (κ3) is 3.27. The van der Waals surface area contributed by atoms with Crippen molar-refractivity contribution in [3.8, 4) is 6.07 Å². The molecule has 0 radical (unpaired) electrons. The Hall–Kier alpha value is -1.47. The number of aromatic nitrogens is 1. The Morgan fingerprint density at radius 3 is 2.28 bits per heavy atom. The van der Waals surface area contributed by atoms with Crippen LogP contribution in [0.3, 0.4) is 0 Å². The Labute approximate surface area is 119 Å². The predicted molar refractivity (Wildman–Crippen MR) is 73.7 cm³/mol. The first kappa shape index (κ1) is 13.0. The van der Waals surface area contributed by atoms with Crippen LogP contribution in [0.5, 0.6) is 0 Å². The fourth-order valence-electron chi connectivity index (χ4n) is 1.40. The van der Waals surface area contributed by atoms with Crippen LogP contribution in [0.2, 0.25) is 15.2 Å². The summed E-state index contributed by atoms with van der Waals surface area (Å²) in [7, 11) is 0. The molecule has 18 heavy (non-hydrogen) atoms. The summed E-state index contributed by atoms with van der Waals surface area (Å²) in [6, 6.07) is 10.1. The maximum absolute atomic E-state index is 8.83. The predicted octanol–water partition coefficient (Wildman–Crippen LogP) is 4.66. The highest BCUT2D eigenvalue weighted by molar-refractivity contribution is 6.35. The Morgan fingerprint density at radius 2 is 1.67 bits per heavy atom. The molecule has 1 aromatic heterocycles. The van der Waals surface area contributed by atoms with Crippen molar-refractivity contribution in [3.05, 3.63) is 51.1 Å². The molecule has 0 bridgehead atoms. The van der Waals surface area contributed by atoms with Gasteiger partial charge in [0.1, 0.15) is 11.0 Å². The average molecular weight is 299 g/mol. The lowest BCUT2D eigenvalue weighted by Gasteiger charge is -2.07. The molecule has 0 unspecified atom stereocenters. The minimum atomic E-state index is 0.240. The molecule has 1 heterocycles. The highest BCUT2D eigenvalue weighted by Crippen LogP contribution is 2.25. The standard InChI is InChI=1S/C12H6Cl3N3/c13-8-3-9(14)5-10(4-8)17-12-2-7(6-16)1-11(15)18-12/h1-5H,(H,17,18). The average Bonchev–Trinajstić information content (AvgIpc) is 2.26. The highest BCUT2D eigenvalue weighted by Gasteiger charge is 2.03. The highest BCUT2D eigenvalue weighted by atomic mass is 35.5. The van der Waals surface area contributed by atoms with E-state index in [2.05, 4.69) is 10.3 Å². The van der Waals surface area contributed by atoms with E-state index in [0.717, 1.165) is 0 Å². The van der Waals surface area contributed by atoms with E-state index in [-0.39, 0.29) is 5.15 Å². The lowest BCUT2D eigenvalue weighted by molar-refractivity contribution is 1.29. The first-order chi connectivity index (χ1) is 8.56. The second-order valence-corrected chi connectivity index (χ2v) is 4.72. The van der Waals surface area contributed by atoms with Gasteiger partial charge in [-0.15, -0.1) is 0 Å². The van der Waals surface area contributed by atoms with Crippen LogP contribution in [0.4, 0.5) is 11.5 Å². The zero-order valence-electron chi connectivity index (χ0n) is 8.92. The molecular weight excluding hydrogens is 293 g/mol. The summed E-state index contributed by atoms with van der Waals surface area (Å²) in [4.78, 5) is 4.05. The van der Waals surface area contributed by atoms with Gasteiger partial charge in [0.15, 0.2) is 0 Å². The van der Waals surface area contributed by atoms with Gasteiger partial charge in [-0.2, -0.15) is 5.26 Å². The summed E-state index contributed by atoms with van der Waals surface area (Å²) in [5, 5.41) is 13.1. The number of nitriles is 1. The Kier molecular flexibility index (Phi) is 3.93. The van der Waals surface area contributed by atoms with E-state index in [0.29, 0.717) is 27.1 Å². The molecule has 6 heteroatoms. The Morgan fingerprint density at radius 1 is 1.00 bits per heavy atom. The number of halogens is 3. The van der Waals surface area contributed by atoms with Crippen molar-refractivity contribution in [2.24, 2.45) is 0 Å². The van der Waals surface area contributed by atoms with Crippen LogP contribution in [-0.2, 0) is 0 Å². The molecule has 2 aromatic rings. The van der Waals surface area contributed by atoms with E-state index in [4.69, 9.17) is 40.1 Å². The maximum atomic E-state index is 8.83. The number of hydrogen-bond acceptors (Lipinski definition) is 3. The number of rotatable bonds is 2. The molecule has 90 valence electrons. The fraction of sp³-hybridized carbons (Fsp3) is 0. The summed E-state index contributed by atoms with van der Waals surface area (Å²) in [5.74, 6) is 0.456. The summed E-state index contributed by atoms with van der Waals surface area (Å²) in [6.45, 7) is 0. The van der Waals surface area contributed by atoms with Gasteiger partial charge >= 0.3 is 0 Å². The molecule has 0 saturated heterocycles. The van der Waals surface area contributed by atoms with Crippen molar-refractivity contribution in [3.63, 3.8) is 0 Å². The molecule has 0 amide bonds. The number of hydrogen-bond donors (Lipinski definition) is 1. The van der Waals surface area contributed by atoms with Crippen LogP contribution in [-0.4, -0.2) is 4.98 Å². The third-order valence-electron chi connectivity index (χ3n) is 2.06. The summed E-state index contributed by atoms with van der Waals surface area (Å²) >= 11 is 17.6. The van der Waals surface area contributed by atoms with Gasteiger partial charge in [-0.05, 0) is 30.3 Å². The normalized spacial score (nSPS) is 9.89. The quantitative estimate of drug-likeness (QED) is 0.820. The SMILES string of the molecule is N#Cc1cc(Cl)nc(Nc2cc(Cl)cc(Cl)c2)c1. The van der Waals surface area contributed by atoms with Crippen molar-refractivity contribution in [2.45, 2.75) is 0 Å². The molecule has 0 spiro atoms. The summed E-state index contributed by atoms with van der Waals surface area (Å²) in [6.07, 6.45) is 0. The topological polar surface area (TPSA) is 48.7 Å². The number of pyridine rings is 1. The van der Waals surface area contributed by atoms with Crippen molar-refractivity contribution in [1.29, 1.82) is 5.26 Å². The Balaban J connectivity index is 2.34. The molecule has 1 aromatic carbocycles. The van der Waals surface area contributed by atoms with Gasteiger partial charge in [-0.25, -0.2) is 4.98 Å². The van der Waals surface area contributed by atoms with Crippen molar-refractivity contribution >= 4 is 46.3 Å². The molecule has 0 saturated carbocycles.